The molecule has 0 atom stereocenters. The Hall–Kier alpha value is -1.19. The minimum absolute atomic E-state index is 0.361. The molecule has 1 rings (SSSR count). The molecule has 0 radical (unpaired) electrons. The molecule has 60 valence electrons. The summed E-state index contributed by atoms with van der Waals surface area (Å²) in [6.45, 7) is 2.90. The monoisotopic (exact) mass is 153 g/mol. The summed E-state index contributed by atoms with van der Waals surface area (Å²) in [5.41, 5.74) is 0. The predicted molar refractivity (Wildman–Crippen MR) is 40.1 cm³/mol. The number of aromatic nitrogens is 3. The molecule has 0 spiro atoms. The van der Waals surface area contributed by atoms with Gasteiger partial charge in [0.1, 0.15) is 18.4 Å². The number of aldehydes is 1. The van der Waals surface area contributed by atoms with E-state index >= 15 is 0 Å². The van der Waals surface area contributed by atoms with Gasteiger partial charge in [-0.3, -0.25) is 0 Å². The van der Waals surface area contributed by atoms with Crippen LogP contribution in [0.15, 0.2) is 6.33 Å². The van der Waals surface area contributed by atoms with E-state index in [9.17, 15) is 4.79 Å². The lowest BCUT2D eigenvalue weighted by Crippen LogP contribution is -2.05. The summed E-state index contributed by atoms with van der Waals surface area (Å²) in [7, 11) is 0. The average molecular weight is 153 g/mol. The quantitative estimate of drug-likeness (QED) is 0.589. The second-order valence-corrected chi connectivity index (χ2v) is 2.27. The minimum Gasteiger partial charge on any atom is -0.303 e. The van der Waals surface area contributed by atoms with E-state index in [1.54, 1.807) is 4.68 Å². The SMILES string of the molecule is CCCn1ncnc1CC=O. The van der Waals surface area contributed by atoms with Crippen molar-refractivity contribution in [1.82, 2.24) is 14.8 Å². The van der Waals surface area contributed by atoms with Crippen molar-refractivity contribution in [2.24, 2.45) is 0 Å². The molecule has 0 aliphatic carbocycles. The first-order valence-corrected chi connectivity index (χ1v) is 3.68. The summed E-state index contributed by atoms with van der Waals surface area (Å²) in [4.78, 5) is 14.1. The highest BCUT2D eigenvalue weighted by atomic mass is 16.1. The Morgan fingerprint density at radius 2 is 2.55 bits per heavy atom. The van der Waals surface area contributed by atoms with Crippen LogP contribution in [0, 0.1) is 0 Å². The maximum atomic E-state index is 10.1. The van der Waals surface area contributed by atoms with Crippen LogP contribution in [0.4, 0.5) is 0 Å². The molecule has 0 aliphatic rings. The zero-order valence-electron chi connectivity index (χ0n) is 6.53. The molecule has 0 fully saturated rings. The Morgan fingerprint density at radius 3 is 3.18 bits per heavy atom. The van der Waals surface area contributed by atoms with Crippen molar-refractivity contribution in [2.75, 3.05) is 0 Å². The summed E-state index contributed by atoms with van der Waals surface area (Å²) >= 11 is 0. The van der Waals surface area contributed by atoms with Crippen LogP contribution in [-0.4, -0.2) is 21.1 Å². The van der Waals surface area contributed by atoms with Crippen LogP contribution in [0.3, 0.4) is 0 Å². The van der Waals surface area contributed by atoms with Crippen LogP contribution in [0.25, 0.3) is 0 Å². The number of rotatable bonds is 4. The van der Waals surface area contributed by atoms with Gasteiger partial charge in [-0.25, -0.2) is 9.67 Å². The average Bonchev–Trinajstić information content (AvgIpc) is 2.39. The van der Waals surface area contributed by atoms with E-state index in [0.29, 0.717) is 6.42 Å². The molecule has 0 N–H and O–H groups in total. The van der Waals surface area contributed by atoms with E-state index in [1.165, 1.54) is 6.33 Å². The fraction of sp³-hybridized carbons (Fsp3) is 0.571. The van der Waals surface area contributed by atoms with Gasteiger partial charge in [0.05, 0.1) is 6.42 Å². The normalized spacial score (nSPS) is 9.91. The van der Waals surface area contributed by atoms with E-state index in [4.69, 9.17) is 0 Å². The van der Waals surface area contributed by atoms with Crippen LogP contribution in [0.5, 0.6) is 0 Å². The van der Waals surface area contributed by atoms with Crippen LogP contribution >= 0.6 is 0 Å². The molecule has 0 aromatic carbocycles. The second kappa shape index (κ2) is 3.85. The molecule has 1 aromatic heterocycles. The topological polar surface area (TPSA) is 47.8 Å². The van der Waals surface area contributed by atoms with Gasteiger partial charge in [-0.15, -0.1) is 0 Å². The summed E-state index contributed by atoms with van der Waals surface area (Å²) in [6, 6.07) is 0. The molecule has 0 saturated heterocycles. The standard InChI is InChI=1S/C7H11N3O/c1-2-4-10-7(3-5-11)8-6-9-10/h5-6H,2-4H2,1H3. The van der Waals surface area contributed by atoms with Gasteiger partial charge in [0.15, 0.2) is 0 Å². The number of carbonyl (C=O) groups excluding carboxylic acids is 1. The third-order valence-electron chi connectivity index (χ3n) is 1.40. The van der Waals surface area contributed by atoms with E-state index in [2.05, 4.69) is 17.0 Å². The molecule has 0 saturated carbocycles. The van der Waals surface area contributed by atoms with Crippen molar-refractivity contribution in [3.05, 3.63) is 12.2 Å². The van der Waals surface area contributed by atoms with Crippen molar-refractivity contribution < 1.29 is 4.79 Å². The molecule has 4 heteroatoms. The summed E-state index contributed by atoms with van der Waals surface area (Å²) in [5.74, 6) is 0.752. The third kappa shape index (κ3) is 1.86. The number of hydrogen-bond donors (Lipinski definition) is 0. The van der Waals surface area contributed by atoms with E-state index in [0.717, 1.165) is 25.1 Å². The van der Waals surface area contributed by atoms with Gasteiger partial charge >= 0.3 is 0 Å². The minimum atomic E-state index is 0.361. The highest BCUT2D eigenvalue weighted by Crippen LogP contribution is 1.94. The van der Waals surface area contributed by atoms with Gasteiger partial charge in [0, 0.05) is 6.54 Å². The van der Waals surface area contributed by atoms with Gasteiger partial charge in [0.2, 0.25) is 0 Å². The highest BCUT2D eigenvalue weighted by Gasteiger charge is 2.00. The maximum absolute atomic E-state index is 10.1. The first-order valence-electron chi connectivity index (χ1n) is 3.68. The Morgan fingerprint density at radius 1 is 1.73 bits per heavy atom. The van der Waals surface area contributed by atoms with Crippen molar-refractivity contribution in [2.45, 2.75) is 26.3 Å². The second-order valence-electron chi connectivity index (χ2n) is 2.27. The Bertz CT molecular complexity index is 231. The lowest BCUT2D eigenvalue weighted by Gasteiger charge is -1.99. The molecular formula is C7H11N3O. The van der Waals surface area contributed by atoms with Gasteiger partial charge in [-0.05, 0) is 6.42 Å². The molecule has 0 bridgehead atoms. The zero-order chi connectivity index (χ0) is 8.10. The van der Waals surface area contributed by atoms with Crippen LogP contribution in [-0.2, 0) is 17.8 Å². The van der Waals surface area contributed by atoms with Crippen LogP contribution in [0.1, 0.15) is 19.2 Å². The summed E-state index contributed by atoms with van der Waals surface area (Å²) in [6.07, 6.45) is 3.69. The largest absolute Gasteiger partial charge is 0.303 e. The maximum Gasteiger partial charge on any atom is 0.138 e. The first kappa shape index (κ1) is 7.91. The Kier molecular flexibility index (Phi) is 2.77. The Labute approximate surface area is 65.2 Å². The fourth-order valence-electron chi connectivity index (χ4n) is 0.919. The number of hydrogen-bond acceptors (Lipinski definition) is 3. The van der Waals surface area contributed by atoms with Crippen molar-refractivity contribution in [3.63, 3.8) is 0 Å². The van der Waals surface area contributed by atoms with Gasteiger partial charge in [-0.2, -0.15) is 5.10 Å². The third-order valence-corrected chi connectivity index (χ3v) is 1.40. The molecule has 11 heavy (non-hydrogen) atoms. The number of aryl methyl sites for hydroxylation is 1. The van der Waals surface area contributed by atoms with Crippen LogP contribution in [0.2, 0.25) is 0 Å². The van der Waals surface area contributed by atoms with Gasteiger partial charge in [0.25, 0.3) is 0 Å². The highest BCUT2D eigenvalue weighted by molar-refractivity contribution is 5.52. The van der Waals surface area contributed by atoms with E-state index in [1.807, 2.05) is 0 Å². The molecule has 1 heterocycles. The number of nitrogens with zero attached hydrogens (tertiary/aromatic N) is 3. The van der Waals surface area contributed by atoms with Crippen molar-refractivity contribution in [3.8, 4) is 0 Å². The smallest absolute Gasteiger partial charge is 0.138 e. The first-order chi connectivity index (χ1) is 5.38. The van der Waals surface area contributed by atoms with E-state index < -0.39 is 0 Å². The molecule has 1 aromatic rings. The molecular weight excluding hydrogens is 142 g/mol. The van der Waals surface area contributed by atoms with Gasteiger partial charge in [-0.1, -0.05) is 6.92 Å². The zero-order valence-corrected chi connectivity index (χ0v) is 6.53. The van der Waals surface area contributed by atoms with E-state index in [-0.39, 0.29) is 0 Å². The summed E-state index contributed by atoms with van der Waals surface area (Å²) < 4.78 is 1.76. The van der Waals surface area contributed by atoms with Crippen molar-refractivity contribution in [1.29, 1.82) is 0 Å². The lowest BCUT2D eigenvalue weighted by atomic mass is 10.4. The number of carbonyl (C=O) groups is 1. The van der Waals surface area contributed by atoms with Crippen molar-refractivity contribution >= 4 is 6.29 Å². The molecule has 4 nitrogen and oxygen atoms in total. The van der Waals surface area contributed by atoms with Crippen LogP contribution < -0.4 is 0 Å². The molecule has 0 aliphatic heterocycles. The fourth-order valence-corrected chi connectivity index (χ4v) is 0.919. The molecule has 0 amide bonds. The Balaban J connectivity index is 2.69. The lowest BCUT2D eigenvalue weighted by molar-refractivity contribution is -0.107. The predicted octanol–water partition coefficient (Wildman–Crippen LogP) is 0.429. The van der Waals surface area contributed by atoms with Gasteiger partial charge < -0.3 is 4.79 Å². The molecule has 0 unspecified atom stereocenters. The summed E-state index contributed by atoms with van der Waals surface area (Å²) in [5, 5.41) is 3.97.